The average molecular weight is 487 g/mol. The lowest BCUT2D eigenvalue weighted by Gasteiger charge is -2.14. The molecular weight excluding hydrogens is 464 g/mol. The van der Waals surface area contributed by atoms with Gasteiger partial charge in [0, 0.05) is 22.0 Å². The second-order valence-corrected chi connectivity index (χ2v) is 8.37. The summed E-state index contributed by atoms with van der Waals surface area (Å²) in [6.45, 7) is 7.58. The molecule has 8 nitrogen and oxygen atoms in total. The molecule has 1 heterocycles. The standard InChI is InChI=1S/C22H23BrN4O4/c1-5-14(4)21-25-18-8-7-16(23)11-17(18)22(28)26(21)24-12-15-6-9-20(31-13(2)3)19(10-15)27(29)30/h6-14H,5H2,1-4H3/t14-/m1/s1. The first-order valence-electron chi connectivity index (χ1n) is 9.93. The van der Waals surface area contributed by atoms with Crippen LogP contribution in [0, 0.1) is 10.1 Å². The second-order valence-electron chi connectivity index (χ2n) is 7.45. The molecule has 9 heteroatoms. The van der Waals surface area contributed by atoms with E-state index in [1.165, 1.54) is 23.0 Å². The van der Waals surface area contributed by atoms with Crippen molar-refractivity contribution in [3.05, 3.63) is 72.7 Å². The van der Waals surface area contributed by atoms with Gasteiger partial charge in [-0.1, -0.05) is 29.8 Å². The number of nitro groups is 1. The number of aromatic nitrogens is 2. The van der Waals surface area contributed by atoms with Crippen LogP contribution in [0.25, 0.3) is 10.9 Å². The fourth-order valence-corrected chi connectivity index (χ4v) is 3.38. The van der Waals surface area contributed by atoms with Gasteiger partial charge in [0.15, 0.2) is 5.75 Å². The molecule has 0 aliphatic carbocycles. The Kier molecular flexibility index (Phi) is 6.84. The van der Waals surface area contributed by atoms with Crippen molar-refractivity contribution in [2.24, 2.45) is 5.10 Å². The third-order valence-corrected chi connectivity index (χ3v) is 5.24. The summed E-state index contributed by atoms with van der Waals surface area (Å²) in [5.74, 6) is 0.716. The van der Waals surface area contributed by atoms with Gasteiger partial charge in [-0.05, 0) is 50.6 Å². The lowest BCUT2D eigenvalue weighted by atomic mass is 10.1. The van der Waals surface area contributed by atoms with Gasteiger partial charge >= 0.3 is 5.69 Å². The predicted octanol–water partition coefficient (Wildman–Crippen LogP) is 5.25. The molecule has 0 radical (unpaired) electrons. The lowest BCUT2D eigenvalue weighted by molar-refractivity contribution is -0.386. The molecule has 2 aromatic carbocycles. The monoisotopic (exact) mass is 486 g/mol. The number of rotatable bonds is 7. The topological polar surface area (TPSA) is 99.6 Å². The largest absolute Gasteiger partial charge is 0.484 e. The number of halogens is 1. The number of hydrogen-bond donors (Lipinski definition) is 0. The fraction of sp³-hybridized carbons (Fsp3) is 0.318. The maximum Gasteiger partial charge on any atom is 0.311 e. The Bertz CT molecular complexity index is 1220. The molecule has 0 amide bonds. The van der Waals surface area contributed by atoms with E-state index in [-0.39, 0.29) is 29.0 Å². The van der Waals surface area contributed by atoms with Gasteiger partial charge in [-0.3, -0.25) is 14.9 Å². The van der Waals surface area contributed by atoms with Crippen LogP contribution in [-0.2, 0) is 0 Å². The molecule has 0 saturated heterocycles. The molecule has 162 valence electrons. The van der Waals surface area contributed by atoms with Crippen molar-refractivity contribution < 1.29 is 9.66 Å². The van der Waals surface area contributed by atoms with Crippen LogP contribution in [0.3, 0.4) is 0 Å². The third kappa shape index (κ3) is 4.99. The molecule has 1 atom stereocenters. The van der Waals surface area contributed by atoms with Crippen LogP contribution in [0.15, 0.2) is 50.8 Å². The first-order chi connectivity index (χ1) is 14.7. The SMILES string of the molecule is CC[C@@H](C)c1nc2ccc(Br)cc2c(=O)n1N=Cc1ccc(OC(C)C)c([N+](=O)[O-])c1. The van der Waals surface area contributed by atoms with Gasteiger partial charge in [-0.15, -0.1) is 0 Å². The number of benzene rings is 2. The number of ether oxygens (including phenoxy) is 1. The third-order valence-electron chi connectivity index (χ3n) is 4.75. The van der Waals surface area contributed by atoms with Crippen LogP contribution in [0.5, 0.6) is 5.75 Å². The van der Waals surface area contributed by atoms with E-state index in [1.807, 2.05) is 19.9 Å². The van der Waals surface area contributed by atoms with E-state index in [2.05, 4.69) is 26.0 Å². The van der Waals surface area contributed by atoms with Crippen LogP contribution in [0.1, 0.15) is 51.4 Å². The first kappa shape index (κ1) is 22.6. The molecule has 0 saturated carbocycles. The molecule has 0 bridgehead atoms. The smallest absolute Gasteiger partial charge is 0.311 e. The summed E-state index contributed by atoms with van der Waals surface area (Å²) in [5, 5.41) is 16.2. The molecule has 31 heavy (non-hydrogen) atoms. The molecule has 0 spiro atoms. The number of nitro benzene ring substituents is 1. The van der Waals surface area contributed by atoms with Gasteiger partial charge in [0.05, 0.1) is 28.1 Å². The quantitative estimate of drug-likeness (QED) is 0.258. The molecule has 3 rings (SSSR count). The van der Waals surface area contributed by atoms with Crippen LogP contribution in [0.4, 0.5) is 5.69 Å². The fourth-order valence-electron chi connectivity index (χ4n) is 3.01. The molecule has 3 aromatic rings. The average Bonchev–Trinajstić information content (AvgIpc) is 2.73. The van der Waals surface area contributed by atoms with E-state index in [1.54, 1.807) is 32.0 Å². The Labute approximate surface area is 187 Å². The molecule has 0 aliphatic heterocycles. The van der Waals surface area contributed by atoms with E-state index in [0.29, 0.717) is 22.3 Å². The predicted molar refractivity (Wildman–Crippen MR) is 124 cm³/mol. The number of fused-ring (bicyclic) bond motifs is 1. The normalized spacial score (nSPS) is 12.6. The van der Waals surface area contributed by atoms with Gasteiger partial charge in [0.1, 0.15) is 5.82 Å². The zero-order chi connectivity index (χ0) is 22.7. The van der Waals surface area contributed by atoms with Crippen molar-refractivity contribution in [1.29, 1.82) is 0 Å². The van der Waals surface area contributed by atoms with Gasteiger partial charge in [0.2, 0.25) is 0 Å². The zero-order valence-corrected chi connectivity index (χ0v) is 19.3. The number of nitrogens with zero attached hydrogens (tertiary/aromatic N) is 4. The van der Waals surface area contributed by atoms with Gasteiger partial charge in [0.25, 0.3) is 5.56 Å². The minimum absolute atomic E-state index is 0.00551. The van der Waals surface area contributed by atoms with Crippen molar-refractivity contribution in [3.63, 3.8) is 0 Å². The Balaban J connectivity index is 2.12. The highest BCUT2D eigenvalue weighted by molar-refractivity contribution is 9.10. The lowest BCUT2D eigenvalue weighted by Crippen LogP contribution is -2.23. The van der Waals surface area contributed by atoms with Crippen molar-refractivity contribution in [2.75, 3.05) is 0 Å². The first-order valence-corrected chi connectivity index (χ1v) is 10.7. The van der Waals surface area contributed by atoms with Gasteiger partial charge in [-0.2, -0.15) is 9.78 Å². The van der Waals surface area contributed by atoms with E-state index in [0.717, 1.165) is 10.9 Å². The zero-order valence-electron chi connectivity index (χ0n) is 17.7. The summed E-state index contributed by atoms with van der Waals surface area (Å²) in [7, 11) is 0. The summed E-state index contributed by atoms with van der Waals surface area (Å²) in [5.41, 5.74) is 0.611. The summed E-state index contributed by atoms with van der Waals surface area (Å²) in [6.07, 6.45) is 2.00. The maximum absolute atomic E-state index is 13.2. The molecule has 0 fully saturated rings. The molecular formula is C22H23BrN4O4. The highest BCUT2D eigenvalue weighted by Gasteiger charge is 2.18. The van der Waals surface area contributed by atoms with Crippen molar-refractivity contribution in [2.45, 2.75) is 46.1 Å². The van der Waals surface area contributed by atoms with Gasteiger partial charge in [-0.25, -0.2) is 4.98 Å². The van der Waals surface area contributed by atoms with Crippen LogP contribution < -0.4 is 10.3 Å². The van der Waals surface area contributed by atoms with Gasteiger partial charge < -0.3 is 4.74 Å². The van der Waals surface area contributed by atoms with Crippen LogP contribution in [0.2, 0.25) is 0 Å². The Hall–Kier alpha value is -3.07. The maximum atomic E-state index is 13.2. The summed E-state index contributed by atoms with van der Waals surface area (Å²) in [6, 6.07) is 9.90. The minimum atomic E-state index is -0.499. The van der Waals surface area contributed by atoms with E-state index >= 15 is 0 Å². The molecule has 0 unspecified atom stereocenters. The van der Waals surface area contributed by atoms with E-state index in [4.69, 9.17) is 4.74 Å². The molecule has 1 aromatic heterocycles. The van der Waals surface area contributed by atoms with E-state index in [9.17, 15) is 14.9 Å². The summed E-state index contributed by atoms with van der Waals surface area (Å²) in [4.78, 5) is 28.8. The molecule has 0 N–H and O–H groups in total. The Morgan fingerprint density at radius 3 is 2.65 bits per heavy atom. The van der Waals surface area contributed by atoms with E-state index < -0.39 is 4.92 Å². The van der Waals surface area contributed by atoms with Crippen LogP contribution >= 0.6 is 15.9 Å². The summed E-state index contributed by atoms with van der Waals surface area (Å²) >= 11 is 3.38. The summed E-state index contributed by atoms with van der Waals surface area (Å²) < 4.78 is 7.55. The molecule has 0 aliphatic rings. The van der Waals surface area contributed by atoms with Crippen molar-refractivity contribution >= 4 is 38.7 Å². The van der Waals surface area contributed by atoms with Crippen molar-refractivity contribution in [1.82, 2.24) is 9.66 Å². The second kappa shape index (κ2) is 9.38. The van der Waals surface area contributed by atoms with Crippen LogP contribution in [-0.4, -0.2) is 26.9 Å². The van der Waals surface area contributed by atoms with Crippen molar-refractivity contribution in [3.8, 4) is 5.75 Å². The Morgan fingerprint density at radius 1 is 1.26 bits per heavy atom. The number of hydrogen-bond acceptors (Lipinski definition) is 6. The minimum Gasteiger partial charge on any atom is -0.484 e. The highest BCUT2D eigenvalue weighted by atomic mass is 79.9. The Morgan fingerprint density at radius 2 is 2.00 bits per heavy atom. The highest BCUT2D eigenvalue weighted by Crippen LogP contribution is 2.28.